The molecule has 23 heavy (non-hydrogen) atoms. The second kappa shape index (κ2) is 7.01. The summed E-state index contributed by atoms with van der Waals surface area (Å²) in [6, 6.07) is 11.7. The summed E-state index contributed by atoms with van der Waals surface area (Å²) in [7, 11) is 1.69. The zero-order valence-electron chi connectivity index (χ0n) is 13.8. The first-order valence-corrected chi connectivity index (χ1v) is 8.20. The molecule has 0 saturated carbocycles. The van der Waals surface area contributed by atoms with Gasteiger partial charge in [-0.25, -0.2) is 0 Å². The molecule has 1 aliphatic heterocycles. The number of methoxy groups -OCH3 is 1. The number of pyridine rings is 1. The largest absolute Gasteiger partial charge is 0.497 e. The van der Waals surface area contributed by atoms with E-state index in [1.807, 2.05) is 19.1 Å². The third-order valence-corrected chi connectivity index (χ3v) is 4.59. The third kappa shape index (κ3) is 4.02. The molecule has 122 valence electrons. The van der Waals surface area contributed by atoms with E-state index in [4.69, 9.17) is 4.74 Å². The van der Waals surface area contributed by atoms with Crippen LogP contribution in [0.1, 0.15) is 35.7 Å². The van der Waals surface area contributed by atoms with Gasteiger partial charge in [0.1, 0.15) is 5.75 Å². The summed E-state index contributed by atoms with van der Waals surface area (Å²) < 4.78 is 5.20. The van der Waals surface area contributed by atoms with Crippen LogP contribution in [0.25, 0.3) is 0 Å². The average Bonchev–Trinajstić information content (AvgIpc) is 2.55. The Hall–Kier alpha value is -2.07. The fraction of sp³-hybridized carbons (Fsp3) is 0.421. The fourth-order valence-electron chi connectivity index (χ4n) is 3.32. The molecule has 0 spiro atoms. The van der Waals surface area contributed by atoms with Crippen LogP contribution in [0.2, 0.25) is 0 Å². The van der Waals surface area contributed by atoms with Gasteiger partial charge in [0.2, 0.25) is 0 Å². The van der Waals surface area contributed by atoms with Crippen molar-refractivity contribution in [2.45, 2.75) is 32.2 Å². The second-order valence-electron chi connectivity index (χ2n) is 6.35. The zero-order chi connectivity index (χ0) is 16.2. The first-order valence-electron chi connectivity index (χ1n) is 8.20. The van der Waals surface area contributed by atoms with E-state index in [-0.39, 0.29) is 5.43 Å². The predicted octanol–water partition coefficient (Wildman–Crippen LogP) is 3.07. The Morgan fingerprint density at radius 3 is 2.48 bits per heavy atom. The van der Waals surface area contributed by atoms with E-state index >= 15 is 0 Å². The first kappa shape index (κ1) is 15.8. The molecule has 0 unspecified atom stereocenters. The molecule has 1 aromatic carbocycles. The predicted molar refractivity (Wildman–Crippen MR) is 92.0 cm³/mol. The lowest BCUT2D eigenvalue weighted by Gasteiger charge is -2.32. The molecule has 2 heterocycles. The zero-order valence-corrected chi connectivity index (χ0v) is 13.8. The number of hydrogen-bond acceptors (Lipinski definition) is 3. The van der Waals surface area contributed by atoms with E-state index < -0.39 is 0 Å². The highest BCUT2D eigenvalue weighted by molar-refractivity contribution is 5.27. The molecule has 4 heteroatoms. The van der Waals surface area contributed by atoms with Crippen LogP contribution in [0.3, 0.4) is 0 Å². The van der Waals surface area contributed by atoms with Gasteiger partial charge in [0, 0.05) is 36.0 Å². The first-order chi connectivity index (χ1) is 11.1. The Labute approximate surface area is 137 Å². The van der Waals surface area contributed by atoms with Gasteiger partial charge >= 0.3 is 0 Å². The summed E-state index contributed by atoms with van der Waals surface area (Å²) in [6.45, 7) is 5.05. The van der Waals surface area contributed by atoms with Crippen molar-refractivity contribution < 1.29 is 4.74 Å². The van der Waals surface area contributed by atoms with Gasteiger partial charge < -0.3 is 9.72 Å². The monoisotopic (exact) mass is 312 g/mol. The molecular weight excluding hydrogens is 288 g/mol. The summed E-state index contributed by atoms with van der Waals surface area (Å²) in [5, 5.41) is 0. The van der Waals surface area contributed by atoms with Crippen molar-refractivity contribution in [2.24, 2.45) is 0 Å². The summed E-state index contributed by atoms with van der Waals surface area (Å²) in [5.41, 5.74) is 3.47. The number of piperidine rings is 1. The number of H-pyrrole nitrogens is 1. The van der Waals surface area contributed by atoms with Crippen molar-refractivity contribution in [1.29, 1.82) is 0 Å². The molecule has 3 rings (SSSR count). The summed E-state index contributed by atoms with van der Waals surface area (Å²) in [5.74, 6) is 1.37. The van der Waals surface area contributed by atoms with Crippen LogP contribution >= 0.6 is 0 Å². The minimum absolute atomic E-state index is 0.108. The topological polar surface area (TPSA) is 45.3 Å². The molecule has 2 aromatic rings. The number of rotatable bonds is 4. The van der Waals surface area contributed by atoms with Crippen LogP contribution in [-0.2, 0) is 6.54 Å². The summed E-state index contributed by atoms with van der Waals surface area (Å²) >= 11 is 0. The van der Waals surface area contributed by atoms with Gasteiger partial charge in [0.25, 0.3) is 0 Å². The summed E-state index contributed by atoms with van der Waals surface area (Å²) in [6.07, 6.45) is 2.19. The average molecular weight is 312 g/mol. The molecule has 0 radical (unpaired) electrons. The van der Waals surface area contributed by atoms with Gasteiger partial charge in [0.05, 0.1) is 7.11 Å². The Kier molecular flexibility index (Phi) is 4.82. The molecule has 0 bridgehead atoms. The van der Waals surface area contributed by atoms with E-state index in [1.165, 1.54) is 5.56 Å². The van der Waals surface area contributed by atoms with E-state index in [1.54, 1.807) is 19.2 Å². The SMILES string of the molecule is COc1ccc(CN2CCC(c3cc(=O)cc(C)[nH]3)CC2)cc1. The minimum Gasteiger partial charge on any atom is -0.497 e. The lowest BCUT2D eigenvalue weighted by atomic mass is 9.92. The van der Waals surface area contributed by atoms with Crippen LogP contribution in [0, 0.1) is 6.92 Å². The number of likely N-dealkylation sites (tertiary alicyclic amines) is 1. The Bertz CT molecular complexity index is 698. The van der Waals surface area contributed by atoms with Crippen LogP contribution in [0.15, 0.2) is 41.2 Å². The number of aromatic amines is 1. The maximum absolute atomic E-state index is 11.7. The standard InChI is InChI=1S/C19H24N2O2/c1-14-11-17(22)12-19(20-14)16-7-9-21(10-8-16)13-15-3-5-18(23-2)6-4-15/h3-6,11-12,16H,7-10,13H2,1-2H3,(H,20,22). The quantitative estimate of drug-likeness (QED) is 0.943. The van der Waals surface area contributed by atoms with Crippen molar-refractivity contribution in [3.05, 3.63) is 63.6 Å². The molecule has 4 nitrogen and oxygen atoms in total. The van der Waals surface area contributed by atoms with Crippen molar-refractivity contribution in [1.82, 2.24) is 9.88 Å². The Morgan fingerprint density at radius 1 is 1.17 bits per heavy atom. The lowest BCUT2D eigenvalue weighted by molar-refractivity contribution is 0.203. The number of aryl methyl sites for hydroxylation is 1. The van der Waals surface area contributed by atoms with Gasteiger partial charge in [0.15, 0.2) is 5.43 Å². The van der Waals surface area contributed by atoms with Crippen molar-refractivity contribution in [2.75, 3.05) is 20.2 Å². The second-order valence-corrected chi connectivity index (χ2v) is 6.35. The molecule has 1 aromatic heterocycles. The molecule has 1 saturated heterocycles. The number of benzene rings is 1. The number of aromatic nitrogens is 1. The number of ether oxygens (including phenoxy) is 1. The Morgan fingerprint density at radius 2 is 1.87 bits per heavy atom. The van der Waals surface area contributed by atoms with Crippen molar-refractivity contribution in [3.63, 3.8) is 0 Å². The van der Waals surface area contributed by atoms with E-state index in [2.05, 4.69) is 22.0 Å². The number of nitrogens with one attached hydrogen (secondary N) is 1. The van der Waals surface area contributed by atoms with Crippen LogP contribution < -0.4 is 10.2 Å². The molecule has 1 fully saturated rings. The minimum atomic E-state index is 0.108. The van der Waals surface area contributed by atoms with Gasteiger partial charge in [-0.05, 0) is 50.6 Å². The van der Waals surface area contributed by atoms with Crippen molar-refractivity contribution >= 4 is 0 Å². The molecule has 1 aliphatic rings. The van der Waals surface area contributed by atoms with E-state index in [9.17, 15) is 4.79 Å². The molecule has 0 amide bonds. The van der Waals surface area contributed by atoms with Crippen LogP contribution in [-0.4, -0.2) is 30.1 Å². The van der Waals surface area contributed by atoms with Crippen LogP contribution in [0.4, 0.5) is 0 Å². The smallest absolute Gasteiger partial charge is 0.182 e. The normalized spacial score (nSPS) is 16.4. The highest BCUT2D eigenvalue weighted by Crippen LogP contribution is 2.27. The van der Waals surface area contributed by atoms with Gasteiger partial charge in [-0.1, -0.05) is 12.1 Å². The maximum Gasteiger partial charge on any atom is 0.182 e. The summed E-state index contributed by atoms with van der Waals surface area (Å²) in [4.78, 5) is 17.5. The van der Waals surface area contributed by atoms with Crippen LogP contribution in [0.5, 0.6) is 5.75 Å². The molecule has 0 aliphatic carbocycles. The lowest BCUT2D eigenvalue weighted by Crippen LogP contribution is -2.33. The van der Waals surface area contributed by atoms with Crippen molar-refractivity contribution in [3.8, 4) is 5.75 Å². The van der Waals surface area contributed by atoms with E-state index in [0.29, 0.717) is 5.92 Å². The fourth-order valence-corrected chi connectivity index (χ4v) is 3.32. The maximum atomic E-state index is 11.7. The molecular formula is C19H24N2O2. The Balaban J connectivity index is 1.58. The van der Waals surface area contributed by atoms with E-state index in [0.717, 1.165) is 49.6 Å². The van der Waals surface area contributed by atoms with Gasteiger partial charge in [-0.2, -0.15) is 0 Å². The highest BCUT2D eigenvalue weighted by atomic mass is 16.5. The van der Waals surface area contributed by atoms with Gasteiger partial charge in [-0.15, -0.1) is 0 Å². The van der Waals surface area contributed by atoms with Gasteiger partial charge in [-0.3, -0.25) is 9.69 Å². The third-order valence-electron chi connectivity index (χ3n) is 4.59. The number of nitrogens with zero attached hydrogens (tertiary/aromatic N) is 1. The number of hydrogen-bond donors (Lipinski definition) is 1. The molecule has 1 N–H and O–H groups in total. The highest BCUT2D eigenvalue weighted by Gasteiger charge is 2.21. The molecule has 0 atom stereocenters.